The molecule has 0 saturated heterocycles. The summed E-state index contributed by atoms with van der Waals surface area (Å²) < 4.78 is 26.4. The first-order valence-corrected chi connectivity index (χ1v) is 7.75. The zero-order chi connectivity index (χ0) is 11.8. The van der Waals surface area contributed by atoms with Crippen LogP contribution in [0.1, 0.15) is 33.1 Å². The fourth-order valence-electron chi connectivity index (χ4n) is 1.78. The van der Waals surface area contributed by atoms with Gasteiger partial charge in [0, 0.05) is 19.1 Å². The summed E-state index contributed by atoms with van der Waals surface area (Å²) in [7, 11) is -3.12. The van der Waals surface area contributed by atoms with Crippen molar-refractivity contribution in [2.45, 2.75) is 44.4 Å². The summed E-state index contributed by atoms with van der Waals surface area (Å²) in [4.78, 5) is 0. The first-order chi connectivity index (χ1) is 7.49. The van der Waals surface area contributed by atoms with Crippen LogP contribution in [0, 0.1) is 11.8 Å². The Bertz CT molecular complexity index is 338. The van der Waals surface area contributed by atoms with E-state index < -0.39 is 10.0 Å². The van der Waals surface area contributed by atoms with Crippen molar-refractivity contribution >= 4 is 10.0 Å². The first-order valence-electron chi connectivity index (χ1n) is 6.21. The highest BCUT2D eigenvalue weighted by atomic mass is 32.2. The Balaban J connectivity index is 1.70. The largest absolute Gasteiger partial charge is 0.313 e. The zero-order valence-corrected chi connectivity index (χ0v) is 10.9. The van der Waals surface area contributed by atoms with Crippen LogP contribution in [0.4, 0.5) is 0 Å². The van der Waals surface area contributed by atoms with E-state index in [-0.39, 0.29) is 5.25 Å². The van der Waals surface area contributed by atoms with Crippen LogP contribution in [0.5, 0.6) is 0 Å². The molecule has 0 aromatic carbocycles. The van der Waals surface area contributed by atoms with Crippen molar-refractivity contribution in [1.29, 1.82) is 0 Å². The van der Waals surface area contributed by atoms with E-state index in [0.29, 0.717) is 31.0 Å². The molecule has 2 N–H and O–H groups in total. The third-order valence-corrected chi connectivity index (χ3v) is 5.42. The normalized spacial score (nSPS) is 31.4. The van der Waals surface area contributed by atoms with Crippen LogP contribution < -0.4 is 10.0 Å². The molecule has 94 valence electrons. The van der Waals surface area contributed by atoms with Gasteiger partial charge in [-0.15, -0.1) is 0 Å². The van der Waals surface area contributed by atoms with E-state index in [9.17, 15) is 8.42 Å². The van der Waals surface area contributed by atoms with Gasteiger partial charge in [0.05, 0.1) is 5.25 Å². The lowest BCUT2D eigenvalue weighted by Crippen LogP contribution is -2.40. The quantitative estimate of drug-likeness (QED) is 0.695. The fourth-order valence-corrected chi connectivity index (χ4v) is 2.83. The number of hydrogen-bond acceptors (Lipinski definition) is 3. The summed E-state index contributed by atoms with van der Waals surface area (Å²) in [5.74, 6) is 1.26. The van der Waals surface area contributed by atoms with Gasteiger partial charge < -0.3 is 5.32 Å². The Morgan fingerprint density at radius 2 is 2.00 bits per heavy atom. The molecule has 5 heteroatoms. The molecule has 0 bridgehead atoms. The second kappa shape index (κ2) is 4.63. The van der Waals surface area contributed by atoms with E-state index in [4.69, 9.17) is 0 Å². The number of rotatable bonds is 7. The minimum Gasteiger partial charge on any atom is -0.313 e. The van der Waals surface area contributed by atoms with Crippen molar-refractivity contribution in [3.05, 3.63) is 0 Å². The molecule has 3 atom stereocenters. The highest BCUT2D eigenvalue weighted by Crippen LogP contribution is 2.36. The van der Waals surface area contributed by atoms with Crippen LogP contribution in [0.2, 0.25) is 0 Å². The molecule has 0 aliphatic heterocycles. The van der Waals surface area contributed by atoms with Gasteiger partial charge in [0.15, 0.2) is 0 Å². The molecule has 2 saturated carbocycles. The predicted molar refractivity (Wildman–Crippen MR) is 64.7 cm³/mol. The second-order valence-corrected chi connectivity index (χ2v) is 7.54. The number of nitrogens with one attached hydrogen (secondary N) is 2. The van der Waals surface area contributed by atoms with E-state index in [0.717, 1.165) is 6.42 Å². The Labute approximate surface area is 98.2 Å². The van der Waals surface area contributed by atoms with Crippen LogP contribution in [-0.2, 0) is 10.0 Å². The smallest absolute Gasteiger partial charge is 0.215 e. The monoisotopic (exact) mass is 246 g/mol. The summed E-state index contributed by atoms with van der Waals surface area (Å²) in [6.45, 7) is 5.13. The van der Waals surface area contributed by atoms with Gasteiger partial charge in [-0.25, -0.2) is 13.1 Å². The minimum absolute atomic E-state index is 0.331. The Morgan fingerprint density at radius 1 is 1.38 bits per heavy atom. The van der Waals surface area contributed by atoms with Crippen molar-refractivity contribution in [3.63, 3.8) is 0 Å². The van der Waals surface area contributed by atoms with Gasteiger partial charge in [0.2, 0.25) is 10.0 Å². The molecular formula is C11H22N2O2S. The van der Waals surface area contributed by atoms with Crippen molar-refractivity contribution < 1.29 is 8.42 Å². The molecular weight excluding hydrogens is 224 g/mol. The van der Waals surface area contributed by atoms with Crippen LogP contribution in [0.15, 0.2) is 0 Å². The summed E-state index contributed by atoms with van der Waals surface area (Å²) in [6, 6.07) is 0.570. The molecule has 0 spiro atoms. The number of hydrogen-bond donors (Lipinski definition) is 2. The standard InChI is InChI=1S/C11H22N2O2S/c1-8-5-10(8)7-13-16(14,15)9(2)6-12-11-3-4-11/h8-13H,3-7H2,1-2H3. The molecule has 16 heavy (non-hydrogen) atoms. The van der Waals surface area contributed by atoms with Gasteiger partial charge >= 0.3 is 0 Å². The molecule has 2 aliphatic rings. The predicted octanol–water partition coefficient (Wildman–Crippen LogP) is 0.702. The third-order valence-electron chi connectivity index (χ3n) is 3.62. The fraction of sp³-hybridized carbons (Fsp3) is 1.00. The summed E-state index contributed by atoms with van der Waals surface area (Å²) in [5.41, 5.74) is 0. The lowest BCUT2D eigenvalue weighted by Gasteiger charge is -2.14. The van der Waals surface area contributed by atoms with Gasteiger partial charge in [-0.3, -0.25) is 0 Å². The lowest BCUT2D eigenvalue weighted by molar-refractivity contribution is 0.551. The molecule has 0 amide bonds. The average molecular weight is 246 g/mol. The second-order valence-electron chi connectivity index (χ2n) is 5.36. The average Bonchev–Trinajstić information content (AvgIpc) is 3.09. The SMILES string of the molecule is CC1CC1CNS(=O)(=O)C(C)CNC1CC1. The highest BCUT2D eigenvalue weighted by molar-refractivity contribution is 7.90. The molecule has 2 fully saturated rings. The summed E-state index contributed by atoms with van der Waals surface area (Å²) in [6.07, 6.45) is 3.55. The van der Waals surface area contributed by atoms with E-state index >= 15 is 0 Å². The van der Waals surface area contributed by atoms with Crippen LogP contribution in [-0.4, -0.2) is 32.8 Å². The molecule has 2 aliphatic carbocycles. The van der Waals surface area contributed by atoms with Gasteiger partial charge in [-0.05, 0) is 38.0 Å². The van der Waals surface area contributed by atoms with Crippen molar-refractivity contribution in [3.8, 4) is 0 Å². The van der Waals surface area contributed by atoms with Gasteiger partial charge in [-0.2, -0.15) is 0 Å². The van der Waals surface area contributed by atoms with E-state index in [1.807, 2.05) is 0 Å². The molecule has 0 radical (unpaired) electrons. The topological polar surface area (TPSA) is 58.2 Å². The van der Waals surface area contributed by atoms with Gasteiger partial charge in [0.1, 0.15) is 0 Å². The molecule has 0 aromatic heterocycles. The van der Waals surface area contributed by atoms with Crippen LogP contribution in [0.3, 0.4) is 0 Å². The van der Waals surface area contributed by atoms with E-state index in [1.165, 1.54) is 12.8 Å². The lowest BCUT2D eigenvalue weighted by atomic mass is 10.3. The minimum atomic E-state index is -3.12. The molecule has 0 aromatic rings. The van der Waals surface area contributed by atoms with Crippen LogP contribution >= 0.6 is 0 Å². The molecule has 0 heterocycles. The van der Waals surface area contributed by atoms with Gasteiger partial charge in [0.25, 0.3) is 0 Å². The van der Waals surface area contributed by atoms with Crippen LogP contribution in [0.25, 0.3) is 0 Å². The maximum absolute atomic E-state index is 11.9. The third kappa shape index (κ3) is 3.43. The molecule has 2 rings (SSSR count). The first kappa shape index (κ1) is 12.3. The Morgan fingerprint density at radius 3 is 2.50 bits per heavy atom. The van der Waals surface area contributed by atoms with E-state index in [1.54, 1.807) is 6.92 Å². The maximum atomic E-state index is 11.9. The number of sulfonamides is 1. The Kier molecular flexibility index (Phi) is 3.56. The zero-order valence-electron chi connectivity index (χ0n) is 10.1. The van der Waals surface area contributed by atoms with Crippen molar-refractivity contribution in [1.82, 2.24) is 10.0 Å². The highest BCUT2D eigenvalue weighted by Gasteiger charge is 2.34. The molecule has 4 nitrogen and oxygen atoms in total. The summed E-state index contributed by atoms with van der Waals surface area (Å²) in [5, 5.41) is 2.92. The van der Waals surface area contributed by atoms with Gasteiger partial charge in [-0.1, -0.05) is 6.92 Å². The Hall–Kier alpha value is -0.130. The summed E-state index contributed by atoms with van der Waals surface area (Å²) >= 11 is 0. The van der Waals surface area contributed by atoms with Crippen molar-refractivity contribution in [2.75, 3.05) is 13.1 Å². The maximum Gasteiger partial charge on any atom is 0.215 e. The van der Waals surface area contributed by atoms with Crippen molar-refractivity contribution in [2.24, 2.45) is 11.8 Å². The molecule has 3 unspecified atom stereocenters. The van der Waals surface area contributed by atoms with E-state index in [2.05, 4.69) is 17.0 Å².